The first kappa shape index (κ1) is 24.6. The number of benzene rings is 2. The first-order valence-electron chi connectivity index (χ1n) is 12.9. The van der Waals surface area contributed by atoms with Crippen LogP contribution in [0.25, 0.3) is 22.3 Å². The molecule has 5 aromatic rings. The molecule has 4 heterocycles. The number of imidazole rings is 1. The Morgan fingerprint density at radius 1 is 1.10 bits per heavy atom. The summed E-state index contributed by atoms with van der Waals surface area (Å²) in [7, 11) is 0. The number of carbonyl (C=O) groups is 1. The number of piperidine rings is 1. The van der Waals surface area contributed by atoms with Crippen LogP contribution in [0, 0.1) is 0 Å². The normalized spacial score (nSPS) is 16.3. The lowest BCUT2D eigenvalue weighted by atomic mass is 10.0. The van der Waals surface area contributed by atoms with Crippen LogP contribution in [0.15, 0.2) is 73.4 Å². The first-order valence-corrected chi connectivity index (χ1v) is 12.9. The molecule has 11 heteroatoms. The zero-order valence-corrected chi connectivity index (χ0v) is 21.3. The number of hydrogen-bond acceptors (Lipinski definition) is 8. The molecule has 0 radical (unpaired) electrons. The molecule has 2 aromatic carbocycles. The number of hydrogen-bond donors (Lipinski definition) is 3. The molecule has 1 aliphatic heterocycles. The number of nitrogens with two attached hydrogens (primary N) is 2. The SMILES string of the molecule is Nc1ncnc2c1c(-c1ccc(Oc3ccccc3)cc1)nn2C1CCCN(C(=O)[C@@H](N)Cc2cnc[nH]2)C1. The van der Waals surface area contributed by atoms with E-state index in [1.807, 2.05) is 64.2 Å². The van der Waals surface area contributed by atoms with Crippen LogP contribution in [0.5, 0.6) is 11.5 Å². The van der Waals surface area contributed by atoms with Crippen LogP contribution in [0.4, 0.5) is 5.82 Å². The summed E-state index contributed by atoms with van der Waals surface area (Å²) in [6.07, 6.45) is 6.81. The number of nitrogens with one attached hydrogen (secondary N) is 1. The second kappa shape index (κ2) is 10.5. The summed E-state index contributed by atoms with van der Waals surface area (Å²) in [5.74, 6) is 1.74. The van der Waals surface area contributed by atoms with Gasteiger partial charge in [0.25, 0.3) is 0 Å². The van der Waals surface area contributed by atoms with Crippen LogP contribution in [0.2, 0.25) is 0 Å². The van der Waals surface area contributed by atoms with E-state index in [9.17, 15) is 4.79 Å². The van der Waals surface area contributed by atoms with Crippen molar-refractivity contribution in [1.29, 1.82) is 0 Å². The number of para-hydroxylation sites is 1. The number of rotatable bonds is 7. The van der Waals surface area contributed by atoms with Crippen LogP contribution in [0.1, 0.15) is 24.6 Å². The Morgan fingerprint density at radius 2 is 1.90 bits per heavy atom. The maximum Gasteiger partial charge on any atom is 0.239 e. The molecule has 11 nitrogen and oxygen atoms in total. The van der Waals surface area contributed by atoms with Crippen molar-refractivity contribution in [2.24, 2.45) is 5.73 Å². The minimum Gasteiger partial charge on any atom is -0.457 e. The molecule has 1 fully saturated rings. The number of nitrogen functional groups attached to an aromatic ring is 1. The predicted molar refractivity (Wildman–Crippen MR) is 147 cm³/mol. The van der Waals surface area contributed by atoms with E-state index in [0.29, 0.717) is 47.8 Å². The molecule has 3 aromatic heterocycles. The number of fused-ring (bicyclic) bond motifs is 1. The largest absolute Gasteiger partial charge is 0.457 e. The lowest BCUT2D eigenvalue weighted by molar-refractivity contribution is -0.134. The Balaban J connectivity index is 1.26. The van der Waals surface area contributed by atoms with Gasteiger partial charge in [0.05, 0.1) is 23.8 Å². The number of ether oxygens (including phenoxy) is 1. The van der Waals surface area contributed by atoms with E-state index in [1.54, 1.807) is 12.5 Å². The highest BCUT2D eigenvalue weighted by Gasteiger charge is 2.31. The average Bonchev–Trinajstić information content (AvgIpc) is 3.62. The van der Waals surface area contributed by atoms with Gasteiger partial charge in [0.15, 0.2) is 5.65 Å². The van der Waals surface area contributed by atoms with E-state index in [4.69, 9.17) is 21.3 Å². The molecule has 1 amide bonds. The summed E-state index contributed by atoms with van der Waals surface area (Å²) in [5.41, 5.74) is 15.6. The lowest BCUT2D eigenvalue weighted by Gasteiger charge is -2.34. The van der Waals surface area contributed by atoms with Crippen molar-refractivity contribution >= 4 is 22.8 Å². The van der Waals surface area contributed by atoms with Gasteiger partial charge in [0.2, 0.25) is 5.91 Å². The van der Waals surface area contributed by atoms with Gasteiger partial charge in [-0.3, -0.25) is 4.79 Å². The summed E-state index contributed by atoms with van der Waals surface area (Å²) in [6.45, 7) is 1.14. The van der Waals surface area contributed by atoms with E-state index in [0.717, 1.165) is 29.8 Å². The summed E-state index contributed by atoms with van der Waals surface area (Å²) in [5, 5.41) is 5.66. The van der Waals surface area contributed by atoms with Crippen molar-refractivity contribution in [1.82, 2.24) is 34.6 Å². The van der Waals surface area contributed by atoms with Gasteiger partial charge in [-0.15, -0.1) is 0 Å². The minimum atomic E-state index is -0.649. The van der Waals surface area contributed by atoms with Crippen molar-refractivity contribution in [3.63, 3.8) is 0 Å². The van der Waals surface area contributed by atoms with Crippen molar-refractivity contribution in [2.45, 2.75) is 31.3 Å². The standard InChI is InChI=1S/C28H29N9O2/c29-23(13-19-14-31-16-32-19)28(38)36-12-4-5-20(15-36)37-27-24(26(30)33-17-34-27)25(35-37)18-8-10-22(11-9-18)39-21-6-2-1-3-7-21/h1-3,6-11,14,16-17,20,23H,4-5,12-13,15,29H2,(H,31,32)(H2,30,33,34)/t20?,23-/m0/s1. The maximum atomic E-state index is 13.2. The third-order valence-corrected chi connectivity index (χ3v) is 6.99. The number of carbonyl (C=O) groups excluding carboxylic acids is 1. The number of aromatic amines is 1. The predicted octanol–water partition coefficient (Wildman–Crippen LogP) is 3.32. The van der Waals surface area contributed by atoms with Gasteiger partial charge in [0, 0.05) is 37.0 Å². The number of likely N-dealkylation sites (tertiary alicyclic amines) is 1. The fourth-order valence-corrected chi connectivity index (χ4v) is 5.07. The molecule has 2 atom stereocenters. The molecule has 5 N–H and O–H groups in total. The highest BCUT2D eigenvalue weighted by atomic mass is 16.5. The molecule has 1 saturated heterocycles. The highest BCUT2D eigenvalue weighted by Crippen LogP contribution is 2.35. The van der Waals surface area contributed by atoms with E-state index < -0.39 is 6.04 Å². The van der Waals surface area contributed by atoms with Gasteiger partial charge in [-0.1, -0.05) is 18.2 Å². The molecule has 0 spiro atoms. The quantitative estimate of drug-likeness (QED) is 0.294. The van der Waals surface area contributed by atoms with Crippen LogP contribution in [-0.4, -0.2) is 59.7 Å². The molecule has 198 valence electrons. The minimum absolute atomic E-state index is 0.0757. The maximum absolute atomic E-state index is 13.2. The fourth-order valence-electron chi connectivity index (χ4n) is 5.07. The zero-order chi connectivity index (χ0) is 26.8. The van der Waals surface area contributed by atoms with Crippen LogP contribution in [0.3, 0.4) is 0 Å². The third-order valence-electron chi connectivity index (χ3n) is 6.99. The summed E-state index contributed by atoms with van der Waals surface area (Å²) < 4.78 is 7.82. The van der Waals surface area contributed by atoms with E-state index >= 15 is 0 Å². The highest BCUT2D eigenvalue weighted by molar-refractivity contribution is 5.98. The smallest absolute Gasteiger partial charge is 0.239 e. The molecule has 1 unspecified atom stereocenters. The van der Waals surface area contributed by atoms with Gasteiger partial charge in [0.1, 0.15) is 29.3 Å². The molecule has 0 saturated carbocycles. The first-order chi connectivity index (χ1) is 19.1. The van der Waals surface area contributed by atoms with Crippen molar-refractivity contribution in [3.05, 3.63) is 79.1 Å². The second-order valence-corrected chi connectivity index (χ2v) is 9.66. The van der Waals surface area contributed by atoms with Gasteiger partial charge < -0.3 is 26.1 Å². The molecule has 0 bridgehead atoms. The molecular formula is C28H29N9O2. The van der Waals surface area contributed by atoms with E-state index in [-0.39, 0.29) is 11.9 Å². The Kier molecular flexibility index (Phi) is 6.64. The van der Waals surface area contributed by atoms with Gasteiger partial charge in [-0.25, -0.2) is 19.6 Å². The molecular weight excluding hydrogens is 494 g/mol. The lowest BCUT2D eigenvalue weighted by Crippen LogP contribution is -2.49. The molecule has 1 aliphatic rings. The average molecular weight is 524 g/mol. The summed E-state index contributed by atoms with van der Waals surface area (Å²) >= 11 is 0. The van der Waals surface area contributed by atoms with Gasteiger partial charge >= 0.3 is 0 Å². The van der Waals surface area contributed by atoms with E-state index in [2.05, 4.69) is 19.9 Å². The van der Waals surface area contributed by atoms with Crippen LogP contribution < -0.4 is 16.2 Å². The summed E-state index contributed by atoms with van der Waals surface area (Å²) in [6, 6.07) is 16.6. The number of nitrogens with zero attached hydrogens (tertiary/aromatic N) is 6. The van der Waals surface area contributed by atoms with Gasteiger partial charge in [-0.2, -0.15) is 5.10 Å². The number of amides is 1. The Hall–Kier alpha value is -4.77. The van der Waals surface area contributed by atoms with E-state index in [1.165, 1.54) is 6.33 Å². The second-order valence-electron chi connectivity index (χ2n) is 9.66. The number of anilines is 1. The van der Waals surface area contributed by atoms with Crippen molar-refractivity contribution in [2.75, 3.05) is 18.8 Å². The molecule has 0 aliphatic carbocycles. The topological polar surface area (TPSA) is 154 Å². The Morgan fingerprint density at radius 3 is 2.67 bits per heavy atom. The zero-order valence-electron chi connectivity index (χ0n) is 21.3. The van der Waals surface area contributed by atoms with Crippen LogP contribution >= 0.6 is 0 Å². The number of H-pyrrole nitrogens is 1. The Bertz CT molecular complexity index is 1570. The van der Waals surface area contributed by atoms with Crippen molar-refractivity contribution < 1.29 is 9.53 Å². The molecule has 39 heavy (non-hydrogen) atoms. The fraction of sp³-hybridized carbons (Fsp3) is 0.250. The molecule has 6 rings (SSSR count). The number of aromatic nitrogens is 6. The summed E-state index contributed by atoms with van der Waals surface area (Å²) in [4.78, 5) is 30.8. The van der Waals surface area contributed by atoms with Crippen molar-refractivity contribution in [3.8, 4) is 22.8 Å². The Labute approximate surface area is 224 Å². The third kappa shape index (κ3) is 5.04. The van der Waals surface area contributed by atoms with Crippen LogP contribution in [-0.2, 0) is 11.2 Å². The monoisotopic (exact) mass is 523 g/mol. The van der Waals surface area contributed by atoms with Gasteiger partial charge in [-0.05, 0) is 49.2 Å².